The average molecular weight is 1720 g/mol. The molecule has 1 aliphatic heterocycles. The van der Waals surface area contributed by atoms with Gasteiger partial charge in [0.25, 0.3) is 0 Å². The van der Waals surface area contributed by atoms with Crippen LogP contribution >= 0.6 is 0 Å². The number of morpholine rings is 1. The van der Waals surface area contributed by atoms with Crippen LogP contribution in [0.5, 0.6) is 17.2 Å². The van der Waals surface area contributed by atoms with E-state index < -0.39 is 6.36 Å². The molecule has 0 radical (unpaired) electrons. The Hall–Kier alpha value is -15.6. The lowest BCUT2D eigenvalue weighted by Gasteiger charge is -2.28. The molecule has 0 N–H and O–H groups in total. The van der Waals surface area contributed by atoms with Crippen molar-refractivity contribution in [1.29, 1.82) is 0 Å². The highest BCUT2D eigenvalue weighted by Crippen LogP contribution is 2.25. The third-order valence-corrected chi connectivity index (χ3v) is 19.3. The van der Waals surface area contributed by atoms with Crippen molar-refractivity contribution in [3.63, 3.8) is 0 Å². The van der Waals surface area contributed by atoms with Crippen LogP contribution in [0.2, 0.25) is 0 Å². The molecule has 650 valence electrons. The molecule has 17 rings (SSSR count). The fraction of sp³-hybridized carbons (Fsp3) is 0.125. The second-order valence-corrected chi connectivity index (χ2v) is 30.6. The molecule has 1 fully saturated rings. The lowest BCUT2D eigenvalue weighted by atomic mass is 10.0. The van der Waals surface area contributed by atoms with Gasteiger partial charge in [-0.05, 0) is 207 Å². The van der Waals surface area contributed by atoms with Crippen LogP contribution < -0.4 is 14.4 Å². The molecule has 1 aromatic heterocycles. The molecule has 0 unspecified atom stereocenters. The van der Waals surface area contributed by atoms with Crippen LogP contribution in [0, 0.1) is 105 Å². The Kier molecular flexibility index (Phi) is 41.5. The highest BCUT2D eigenvalue weighted by atomic mass is 19.4. The van der Waals surface area contributed by atoms with Gasteiger partial charge < -0.3 is 19.1 Å². The SMILES string of the molecule is Cc1ccc(/C=C/c2ccccc2)cc1.Cc1ccc(C#Cc2ccc(C)cc2)cc1.Cc1ccc(C#Cc2ccccc2)cc1.Cc1ccc(C#Cc2cnccn2)cc1.Cc1ccc(C(=O)c2ccccc2)cc1.Cc1ccc(C=Cc2ccccc2)cc1.Cc1ccc(N2CCOCC2)cc1.Cc1ccc(OC(F)(F)F)cc1.Cc1ccc(Oc2ccccc2)cc1. The van der Waals surface area contributed by atoms with E-state index in [4.69, 9.17) is 9.47 Å². The van der Waals surface area contributed by atoms with E-state index in [0.29, 0.717) is 5.69 Å². The van der Waals surface area contributed by atoms with Crippen molar-refractivity contribution >= 4 is 35.8 Å². The fourth-order valence-electron chi connectivity index (χ4n) is 11.7. The second-order valence-electron chi connectivity index (χ2n) is 30.6. The highest BCUT2D eigenvalue weighted by Gasteiger charge is 2.31. The van der Waals surface area contributed by atoms with E-state index in [1.165, 1.54) is 90.1 Å². The first-order chi connectivity index (χ1) is 63.1. The van der Waals surface area contributed by atoms with Crippen LogP contribution in [0.4, 0.5) is 18.9 Å². The van der Waals surface area contributed by atoms with E-state index >= 15 is 0 Å². The molecule has 1 saturated heterocycles. The number of aromatic nitrogens is 2. The van der Waals surface area contributed by atoms with Crippen LogP contribution in [0.1, 0.15) is 127 Å². The zero-order valence-corrected chi connectivity index (χ0v) is 75.5. The first-order valence-corrected chi connectivity index (χ1v) is 43.0. The summed E-state index contributed by atoms with van der Waals surface area (Å²) in [5.74, 6) is 20.2. The van der Waals surface area contributed by atoms with E-state index in [0.717, 1.165) is 82.3 Å². The van der Waals surface area contributed by atoms with Gasteiger partial charge in [0, 0.05) is 70.1 Å². The van der Waals surface area contributed by atoms with Crippen molar-refractivity contribution < 1.29 is 32.2 Å². The van der Waals surface area contributed by atoms with Gasteiger partial charge in [-0.15, -0.1) is 13.2 Å². The summed E-state index contributed by atoms with van der Waals surface area (Å²) in [5, 5.41) is 0. The number of nitrogens with zero attached hydrogens (tertiary/aromatic N) is 3. The molecule has 0 atom stereocenters. The molecule has 0 amide bonds. The van der Waals surface area contributed by atoms with Crippen LogP contribution in [0.15, 0.2) is 413 Å². The number of aryl methyl sites for hydroxylation is 10. The number of ketones is 1. The molecule has 0 aliphatic carbocycles. The summed E-state index contributed by atoms with van der Waals surface area (Å²) in [6.07, 6.45) is 8.85. The Balaban J connectivity index is 0.000000165. The maximum atomic E-state index is 12.0. The molecule has 0 bridgehead atoms. The molecule has 1 aliphatic rings. The minimum Gasteiger partial charge on any atom is -0.457 e. The van der Waals surface area contributed by atoms with Gasteiger partial charge in [0.1, 0.15) is 22.9 Å². The molecule has 130 heavy (non-hydrogen) atoms. The van der Waals surface area contributed by atoms with Gasteiger partial charge in [-0.2, -0.15) is 0 Å². The van der Waals surface area contributed by atoms with Gasteiger partial charge in [0.2, 0.25) is 0 Å². The van der Waals surface area contributed by atoms with Crippen molar-refractivity contribution in [2.24, 2.45) is 0 Å². The summed E-state index contributed by atoms with van der Waals surface area (Å²) in [4.78, 5) is 22.3. The van der Waals surface area contributed by atoms with Crippen molar-refractivity contribution in [2.75, 3.05) is 31.2 Å². The number of alkyl halides is 3. The average Bonchev–Trinajstić information content (AvgIpc) is 0.843. The summed E-state index contributed by atoms with van der Waals surface area (Å²) in [5.41, 5.74) is 25.9. The number of hydrogen-bond donors (Lipinski definition) is 0. The number of benzene rings is 15. The smallest absolute Gasteiger partial charge is 0.457 e. The molecule has 0 spiro atoms. The Labute approximate surface area is 768 Å². The molecule has 15 aromatic carbocycles. The summed E-state index contributed by atoms with van der Waals surface area (Å²) in [7, 11) is 0. The van der Waals surface area contributed by atoms with E-state index in [-0.39, 0.29) is 11.5 Å². The lowest BCUT2D eigenvalue weighted by molar-refractivity contribution is -0.274. The minimum atomic E-state index is -4.60. The van der Waals surface area contributed by atoms with Crippen molar-refractivity contribution in [1.82, 2.24) is 9.97 Å². The number of ether oxygens (including phenoxy) is 3. The van der Waals surface area contributed by atoms with Gasteiger partial charge in [-0.3, -0.25) is 9.78 Å². The monoisotopic (exact) mass is 1710 g/mol. The summed E-state index contributed by atoms with van der Waals surface area (Å²) >= 11 is 0. The third-order valence-electron chi connectivity index (χ3n) is 19.3. The lowest BCUT2D eigenvalue weighted by Crippen LogP contribution is -2.36. The van der Waals surface area contributed by atoms with Gasteiger partial charge in [-0.25, -0.2) is 4.98 Å². The first-order valence-electron chi connectivity index (χ1n) is 43.0. The second kappa shape index (κ2) is 55.0. The fourth-order valence-corrected chi connectivity index (χ4v) is 11.7. The number of para-hydroxylation sites is 1. The van der Waals surface area contributed by atoms with Crippen LogP contribution in [0.25, 0.3) is 24.3 Å². The van der Waals surface area contributed by atoms with Crippen molar-refractivity contribution in [2.45, 2.75) is 75.6 Å². The van der Waals surface area contributed by atoms with Crippen LogP contribution in [-0.4, -0.2) is 48.4 Å². The quantitative estimate of drug-likeness (QED) is 0.0767. The molecule has 2 heterocycles. The Morgan fingerprint density at radius 1 is 0.308 bits per heavy atom. The molecule has 7 nitrogen and oxygen atoms in total. The van der Waals surface area contributed by atoms with Crippen LogP contribution in [-0.2, 0) is 4.74 Å². The number of hydrogen-bond acceptors (Lipinski definition) is 7. The number of rotatable bonds is 10. The molecular weight excluding hydrogens is 1600 g/mol. The molecule has 16 aromatic rings. The highest BCUT2D eigenvalue weighted by molar-refractivity contribution is 6.09. The van der Waals surface area contributed by atoms with E-state index in [9.17, 15) is 18.0 Å². The third kappa shape index (κ3) is 40.1. The topological polar surface area (TPSA) is 73.8 Å². The van der Waals surface area contributed by atoms with Crippen molar-refractivity contribution in [3.8, 4) is 52.8 Å². The largest absolute Gasteiger partial charge is 0.573 e. The Bertz CT molecular complexity index is 5940. The zero-order chi connectivity index (χ0) is 92.2. The van der Waals surface area contributed by atoms with Gasteiger partial charge in [0.05, 0.1) is 19.4 Å². The van der Waals surface area contributed by atoms with Crippen LogP contribution in [0.3, 0.4) is 0 Å². The summed E-state index contributed by atoms with van der Waals surface area (Å²) < 4.78 is 49.5. The zero-order valence-electron chi connectivity index (χ0n) is 75.5. The van der Waals surface area contributed by atoms with E-state index in [1.807, 2.05) is 195 Å². The molecule has 10 heteroatoms. The molecular formula is C120H110F3N3O4. The van der Waals surface area contributed by atoms with Gasteiger partial charge in [0.15, 0.2) is 5.78 Å². The summed E-state index contributed by atoms with van der Waals surface area (Å²) in [6, 6.07) is 130. The normalized spacial score (nSPS) is 10.7. The number of anilines is 1. The Morgan fingerprint density at radius 2 is 0.585 bits per heavy atom. The van der Waals surface area contributed by atoms with Gasteiger partial charge >= 0.3 is 6.36 Å². The number of carbonyl (C=O) groups excluding carboxylic acids is 1. The van der Waals surface area contributed by atoms with Gasteiger partial charge in [-0.1, -0.05) is 395 Å². The predicted molar refractivity (Wildman–Crippen MR) is 535 cm³/mol. The van der Waals surface area contributed by atoms with E-state index in [1.54, 1.807) is 37.6 Å². The minimum absolute atomic E-state index is 0.0793. The first kappa shape index (κ1) is 98.2. The maximum absolute atomic E-state index is 12.0. The number of halogens is 3. The Morgan fingerprint density at radius 3 is 0.938 bits per heavy atom. The van der Waals surface area contributed by atoms with E-state index in [2.05, 4.69) is 317 Å². The summed E-state index contributed by atoms with van der Waals surface area (Å²) in [6.45, 7) is 24.2. The predicted octanol–water partition coefficient (Wildman–Crippen LogP) is 29.4. The van der Waals surface area contributed by atoms with Crippen molar-refractivity contribution in [3.05, 3.63) is 535 Å². The molecule has 0 saturated carbocycles. The maximum Gasteiger partial charge on any atom is 0.573 e. The number of carbonyl (C=O) groups is 1. The standard InChI is InChI=1S/C16H14.2C15H14.C15H12.C14H12O.C13H10N2.C13H12O.C11H15NO.C8H7F3O/c1-13-3-7-15(8-4-13)11-12-16-9-5-14(2)6-10-16;3*1-13-7-9-15(10-8-13)12-11-14-5-3-2-4-6-14;1-11-7-9-13(10-8-11)14(15)12-5-3-2-4-6-12;1-11-2-4-12(5-3-11)6-7-13-10-14-8-9-15-13;1-11-7-9-13(10-8-11)14-12-5-3-2-4-6-12;1-10-2-4-11(5-3-10)12-6-8-13-9-7-12;1-6-2-4-7(5-3-6)12-8(9,10)11/h3-10H,1-2H3;2*2-12H,1H3;2*2-10H,1H3;2-5,8-10H,1H3;2-10H,1H3;2-5H,6-9H2,1H3;2-5H,1H3/b;12-11+;;;;;;;.